The Kier molecular flexibility index (Phi) is 5.42. The van der Waals surface area contributed by atoms with Crippen molar-refractivity contribution in [2.75, 3.05) is 0 Å². The number of benzene rings is 2. The van der Waals surface area contributed by atoms with Crippen molar-refractivity contribution in [3.8, 4) is 5.75 Å². The molecule has 0 unspecified atom stereocenters. The average molecular weight is 390 g/mol. The molecule has 6 nitrogen and oxygen atoms in total. The van der Waals surface area contributed by atoms with Crippen LogP contribution in [0.5, 0.6) is 5.75 Å². The summed E-state index contributed by atoms with van der Waals surface area (Å²) in [5, 5.41) is 9.64. The number of aromatic amines is 1. The molecule has 0 amide bonds. The molecule has 1 aliphatic rings. The van der Waals surface area contributed by atoms with E-state index >= 15 is 0 Å². The third kappa shape index (κ3) is 4.06. The Morgan fingerprint density at radius 3 is 2.38 bits per heavy atom. The summed E-state index contributed by atoms with van der Waals surface area (Å²) >= 11 is 0. The van der Waals surface area contributed by atoms with Crippen molar-refractivity contribution in [1.29, 1.82) is 0 Å². The van der Waals surface area contributed by atoms with Crippen LogP contribution < -0.4 is 10.3 Å². The van der Waals surface area contributed by atoms with Crippen molar-refractivity contribution >= 4 is 5.97 Å². The highest BCUT2D eigenvalue weighted by atomic mass is 16.5. The first-order valence-corrected chi connectivity index (χ1v) is 9.72. The van der Waals surface area contributed by atoms with Gasteiger partial charge in [-0.25, -0.2) is 9.78 Å². The van der Waals surface area contributed by atoms with E-state index in [0.29, 0.717) is 5.82 Å². The average Bonchev–Trinajstić information content (AvgIpc) is 3.23. The molecule has 2 aromatic carbocycles. The minimum atomic E-state index is -1.27. The second kappa shape index (κ2) is 8.31. The quantitative estimate of drug-likeness (QED) is 0.661. The molecule has 0 radical (unpaired) electrons. The molecule has 2 N–H and O–H groups in total. The molecule has 2 atom stereocenters. The van der Waals surface area contributed by atoms with Crippen LogP contribution in [-0.2, 0) is 6.61 Å². The molecule has 0 saturated heterocycles. The molecule has 4 rings (SSSR count). The van der Waals surface area contributed by atoms with Gasteiger partial charge in [-0.3, -0.25) is 4.79 Å². The highest BCUT2D eigenvalue weighted by Gasteiger charge is 2.33. The minimum Gasteiger partial charge on any atom is -0.481 e. The molecule has 6 heteroatoms. The second-order valence-electron chi connectivity index (χ2n) is 7.26. The maximum absolute atomic E-state index is 12.7. The maximum Gasteiger partial charge on any atom is 0.358 e. The van der Waals surface area contributed by atoms with E-state index in [2.05, 4.69) is 22.1 Å². The summed E-state index contributed by atoms with van der Waals surface area (Å²) in [6.07, 6.45) is 2.83. The Morgan fingerprint density at radius 2 is 1.69 bits per heavy atom. The van der Waals surface area contributed by atoms with Crippen LogP contribution in [0.1, 0.15) is 58.5 Å². The summed E-state index contributed by atoms with van der Waals surface area (Å²) < 4.78 is 5.56. The fourth-order valence-electron chi connectivity index (χ4n) is 4.05. The summed E-state index contributed by atoms with van der Waals surface area (Å²) in [4.78, 5) is 31.6. The van der Waals surface area contributed by atoms with Crippen LogP contribution in [0.2, 0.25) is 0 Å². The number of ether oxygens (including phenoxy) is 1. The van der Waals surface area contributed by atoms with E-state index in [1.807, 2.05) is 48.5 Å². The summed E-state index contributed by atoms with van der Waals surface area (Å²) in [7, 11) is 0. The first-order valence-electron chi connectivity index (χ1n) is 9.72. The number of rotatable bonds is 6. The van der Waals surface area contributed by atoms with Gasteiger partial charge in [0, 0.05) is 5.92 Å². The molecule has 0 spiro atoms. The molecule has 1 saturated carbocycles. The van der Waals surface area contributed by atoms with Crippen LogP contribution in [-0.4, -0.2) is 21.0 Å². The molecule has 1 aliphatic carbocycles. The van der Waals surface area contributed by atoms with Crippen LogP contribution in [0.4, 0.5) is 0 Å². The lowest BCUT2D eigenvalue weighted by Gasteiger charge is -2.20. The number of hydrogen-bond acceptors (Lipinski definition) is 4. The zero-order valence-electron chi connectivity index (χ0n) is 15.9. The minimum absolute atomic E-state index is 0.0219. The van der Waals surface area contributed by atoms with Crippen LogP contribution in [0.3, 0.4) is 0 Å². The zero-order chi connectivity index (χ0) is 20.2. The largest absolute Gasteiger partial charge is 0.481 e. The molecule has 0 bridgehead atoms. The topological polar surface area (TPSA) is 92.3 Å². The van der Waals surface area contributed by atoms with Gasteiger partial charge in [0.25, 0.3) is 5.56 Å². The standard InChI is InChI=1S/C23H22N2O4/c26-22-20(29-14-15-8-3-1-4-9-15)19(23(27)28)24-21(25-22)18-13-7-12-17(18)16-10-5-2-6-11-16/h1-6,8-11,17-18H,7,12-14H2,(H,27,28)(H,24,25,26)/t17-,18-/m1/s1. The van der Waals surface area contributed by atoms with Gasteiger partial charge in [0.1, 0.15) is 12.4 Å². The Hall–Kier alpha value is -3.41. The van der Waals surface area contributed by atoms with E-state index in [4.69, 9.17) is 4.74 Å². The third-order valence-corrected chi connectivity index (χ3v) is 5.42. The number of H-pyrrole nitrogens is 1. The highest BCUT2D eigenvalue weighted by Crippen LogP contribution is 2.44. The van der Waals surface area contributed by atoms with Crippen LogP contribution in [0.15, 0.2) is 65.5 Å². The Bertz CT molecular complexity index is 1050. The first kappa shape index (κ1) is 18.9. The van der Waals surface area contributed by atoms with Crippen molar-refractivity contribution in [3.05, 3.63) is 93.7 Å². The van der Waals surface area contributed by atoms with Gasteiger partial charge < -0.3 is 14.8 Å². The van der Waals surface area contributed by atoms with Crippen LogP contribution >= 0.6 is 0 Å². The fourth-order valence-corrected chi connectivity index (χ4v) is 4.05. The molecule has 1 heterocycles. The molecular formula is C23H22N2O4. The lowest BCUT2D eigenvalue weighted by molar-refractivity contribution is 0.0683. The molecule has 1 aromatic heterocycles. The lowest BCUT2D eigenvalue weighted by Crippen LogP contribution is -2.23. The number of nitrogens with zero attached hydrogens (tertiary/aromatic N) is 1. The van der Waals surface area contributed by atoms with Crippen molar-refractivity contribution < 1.29 is 14.6 Å². The van der Waals surface area contributed by atoms with Gasteiger partial charge in [-0.05, 0) is 29.9 Å². The van der Waals surface area contributed by atoms with E-state index in [9.17, 15) is 14.7 Å². The Balaban J connectivity index is 1.65. The predicted molar refractivity (Wildman–Crippen MR) is 108 cm³/mol. The molecular weight excluding hydrogens is 368 g/mol. The van der Waals surface area contributed by atoms with Gasteiger partial charge in [0.05, 0.1) is 0 Å². The van der Waals surface area contributed by atoms with Crippen molar-refractivity contribution in [2.24, 2.45) is 0 Å². The summed E-state index contributed by atoms with van der Waals surface area (Å²) in [6, 6.07) is 19.4. The summed E-state index contributed by atoms with van der Waals surface area (Å²) in [5.74, 6) is -0.914. The van der Waals surface area contributed by atoms with Crippen LogP contribution in [0.25, 0.3) is 0 Å². The Labute approximate surface area is 168 Å². The van der Waals surface area contributed by atoms with Gasteiger partial charge in [0.2, 0.25) is 5.75 Å². The van der Waals surface area contributed by atoms with E-state index in [-0.39, 0.29) is 29.9 Å². The maximum atomic E-state index is 12.7. The van der Waals surface area contributed by atoms with Crippen molar-refractivity contribution in [2.45, 2.75) is 37.7 Å². The number of nitrogens with one attached hydrogen (secondary N) is 1. The summed E-state index contributed by atoms with van der Waals surface area (Å²) in [5.41, 5.74) is 1.13. The highest BCUT2D eigenvalue weighted by molar-refractivity contribution is 5.88. The molecule has 1 fully saturated rings. The van der Waals surface area contributed by atoms with E-state index < -0.39 is 11.5 Å². The number of hydrogen-bond donors (Lipinski definition) is 2. The van der Waals surface area contributed by atoms with E-state index in [0.717, 1.165) is 24.8 Å². The predicted octanol–water partition coefficient (Wildman–Crippen LogP) is 4.10. The number of carbonyl (C=O) groups is 1. The van der Waals surface area contributed by atoms with Gasteiger partial charge in [-0.15, -0.1) is 0 Å². The van der Waals surface area contributed by atoms with Crippen LogP contribution in [0, 0.1) is 0 Å². The van der Waals surface area contributed by atoms with Gasteiger partial charge in [-0.1, -0.05) is 67.1 Å². The van der Waals surface area contributed by atoms with Gasteiger partial charge in [0.15, 0.2) is 5.69 Å². The zero-order valence-corrected chi connectivity index (χ0v) is 15.9. The number of carboxylic acids is 1. The number of carboxylic acid groups (broad SMARTS) is 1. The third-order valence-electron chi connectivity index (χ3n) is 5.42. The smallest absolute Gasteiger partial charge is 0.358 e. The monoisotopic (exact) mass is 390 g/mol. The molecule has 148 valence electrons. The first-order chi connectivity index (χ1) is 14.1. The molecule has 29 heavy (non-hydrogen) atoms. The normalized spacial score (nSPS) is 18.5. The summed E-state index contributed by atoms with van der Waals surface area (Å²) in [6.45, 7) is 0.0985. The SMILES string of the molecule is O=C(O)c1nc([C@@H]2CCC[C@@H]2c2ccccc2)[nH]c(=O)c1OCc1ccccc1. The second-order valence-corrected chi connectivity index (χ2v) is 7.26. The van der Waals surface area contributed by atoms with Gasteiger partial charge >= 0.3 is 5.97 Å². The molecule has 3 aromatic rings. The van der Waals surface area contributed by atoms with Gasteiger partial charge in [-0.2, -0.15) is 0 Å². The lowest BCUT2D eigenvalue weighted by atomic mass is 9.88. The van der Waals surface area contributed by atoms with E-state index in [1.165, 1.54) is 5.56 Å². The van der Waals surface area contributed by atoms with E-state index in [1.54, 1.807) is 0 Å². The van der Waals surface area contributed by atoms with Crippen molar-refractivity contribution in [1.82, 2.24) is 9.97 Å². The number of aromatic nitrogens is 2. The molecule has 0 aliphatic heterocycles. The number of aromatic carboxylic acids is 1. The Morgan fingerprint density at radius 1 is 1.03 bits per heavy atom. The van der Waals surface area contributed by atoms with Crippen molar-refractivity contribution in [3.63, 3.8) is 0 Å². The fraction of sp³-hybridized carbons (Fsp3) is 0.261.